The molecule has 0 aromatic heterocycles. The molecule has 2 amide bonds. The molecule has 0 unspecified atom stereocenters. The predicted octanol–water partition coefficient (Wildman–Crippen LogP) is 2.46. The Balaban J connectivity index is 2.59. The molecular weight excluding hydrogens is 249 g/mol. The summed E-state index contributed by atoms with van der Waals surface area (Å²) in [5.41, 5.74) is 5.96. The van der Waals surface area contributed by atoms with Gasteiger partial charge < -0.3 is 16.4 Å². The summed E-state index contributed by atoms with van der Waals surface area (Å²) in [6.45, 7) is 2.20. The number of hydrogen-bond acceptors (Lipinski definition) is 2. The fraction of sp³-hybridized carbons (Fsp3) is 0.300. The molecule has 0 fully saturated rings. The molecular formula is C10H13Cl2N3O. The first-order valence-corrected chi connectivity index (χ1v) is 5.51. The van der Waals surface area contributed by atoms with Crippen molar-refractivity contribution in [3.63, 3.8) is 0 Å². The Morgan fingerprint density at radius 3 is 2.69 bits per heavy atom. The molecule has 0 bridgehead atoms. The van der Waals surface area contributed by atoms with Crippen molar-refractivity contribution >= 4 is 34.9 Å². The second kappa shape index (κ2) is 5.94. The van der Waals surface area contributed by atoms with Gasteiger partial charge in [-0.25, -0.2) is 4.79 Å². The lowest BCUT2D eigenvalue weighted by Crippen LogP contribution is -2.40. The third-order valence-corrected chi connectivity index (χ3v) is 2.65. The van der Waals surface area contributed by atoms with Crippen LogP contribution in [0, 0.1) is 0 Å². The van der Waals surface area contributed by atoms with Crippen LogP contribution in [0.5, 0.6) is 0 Å². The van der Waals surface area contributed by atoms with Crippen molar-refractivity contribution < 1.29 is 4.79 Å². The van der Waals surface area contributed by atoms with E-state index in [2.05, 4.69) is 10.6 Å². The molecule has 1 rings (SSSR count). The highest BCUT2D eigenvalue weighted by molar-refractivity contribution is 6.42. The summed E-state index contributed by atoms with van der Waals surface area (Å²) in [4.78, 5) is 11.4. The summed E-state index contributed by atoms with van der Waals surface area (Å²) < 4.78 is 0. The lowest BCUT2D eigenvalue weighted by molar-refractivity contribution is 0.249. The first-order valence-electron chi connectivity index (χ1n) is 4.75. The summed E-state index contributed by atoms with van der Waals surface area (Å²) in [7, 11) is 0. The number of halogens is 2. The lowest BCUT2D eigenvalue weighted by Gasteiger charge is -2.12. The Kier molecular flexibility index (Phi) is 4.86. The van der Waals surface area contributed by atoms with Gasteiger partial charge in [0, 0.05) is 18.3 Å². The van der Waals surface area contributed by atoms with Gasteiger partial charge in [-0.05, 0) is 25.1 Å². The van der Waals surface area contributed by atoms with Crippen LogP contribution in [0.4, 0.5) is 10.5 Å². The largest absolute Gasteiger partial charge is 0.334 e. The molecule has 0 spiro atoms. The number of nitrogens with two attached hydrogens (primary N) is 1. The Morgan fingerprint density at radius 1 is 1.44 bits per heavy atom. The van der Waals surface area contributed by atoms with Crippen LogP contribution in [-0.4, -0.2) is 18.6 Å². The van der Waals surface area contributed by atoms with Crippen LogP contribution in [0.3, 0.4) is 0 Å². The molecule has 16 heavy (non-hydrogen) atoms. The summed E-state index contributed by atoms with van der Waals surface area (Å²) in [5.74, 6) is 0. The molecule has 6 heteroatoms. The molecule has 4 N–H and O–H groups in total. The van der Waals surface area contributed by atoms with Crippen molar-refractivity contribution in [1.82, 2.24) is 5.32 Å². The average Bonchev–Trinajstić information content (AvgIpc) is 2.23. The second-order valence-electron chi connectivity index (χ2n) is 3.36. The minimum absolute atomic E-state index is 0.0808. The fourth-order valence-corrected chi connectivity index (χ4v) is 1.32. The fourth-order valence-electron chi connectivity index (χ4n) is 1.02. The van der Waals surface area contributed by atoms with E-state index in [4.69, 9.17) is 28.9 Å². The van der Waals surface area contributed by atoms with Gasteiger partial charge in [0.15, 0.2) is 0 Å². The highest BCUT2D eigenvalue weighted by atomic mass is 35.5. The van der Waals surface area contributed by atoms with Gasteiger partial charge >= 0.3 is 6.03 Å². The summed E-state index contributed by atoms with van der Waals surface area (Å²) >= 11 is 11.6. The normalized spacial score (nSPS) is 12.0. The number of amides is 2. The third-order valence-electron chi connectivity index (χ3n) is 1.91. The SMILES string of the molecule is C[C@H](CN)NC(=O)Nc1ccc(Cl)c(Cl)c1. The van der Waals surface area contributed by atoms with Crippen LogP contribution >= 0.6 is 23.2 Å². The molecule has 1 atom stereocenters. The van der Waals surface area contributed by atoms with E-state index < -0.39 is 0 Å². The van der Waals surface area contributed by atoms with Crippen LogP contribution in [0.2, 0.25) is 10.0 Å². The first-order chi connectivity index (χ1) is 7.52. The van der Waals surface area contributed by atoms with Crippen molar-refractivity contribution in [3.05, 3.63) is 28.2 Å². The van der Waals surface area contributed by atoms with E-state index in [9.17, 15) is 4.79 Å². The highest BCUT2D eigenvalue weighted by Gasteiger charge is 2.06. The van der Waals surface area contributed by atoms with Gasteiger partial charge in [-0.3, -0.25) is 0 Å². The molecule has 1 aromatic rings. The van der Waals surface area contributed by atoms with Crippen LogP contribution in [-0.2, 0) is 0 Å². The zero-order valence-corrected chi connectivity index (χ0v) is 10.3. The number of rotatable bonds is 3. The minimum Gasteiger partial charge on any atom is -0.334 e. The Morgan fingerprint density at radius 2 is 2.12 bits per heavy atom. The number of nitrogens with one attached hydrogen (secondary N) is 2. The van der Waals surface area contributed by atoms with Crippen molar-refractivity contribution in [3.8, 4) is 0 Å². The highest BCUT2D eigenvalue weighted by Crippen LogP contribution is 2.24. The smallest absolute Gasteiger partial charge is 0.319 e. The number of hydrogen-bond donors (Lipinski definition) is 3. The quantitative estimate of drug-likeness (QED) is 0.783. The molecule has 0 aliphatic rings. The van der Waals surface area contributed by atoms with E-state index in [0.29, 0.717) is 22.3 Å². The van der Waals surface area contributed by atoms with E-state index >= 15 is 0 Å². The van der Waals surface area contributed by atoms with E-state index in [-0.39, 0.29) is 12.1 Å². The number of carbonyl (C=O) groups is 1. The lowest BCUT2D eigenvalue weighted by atomic mass is 10.3. The van der Waals surface area contributed by atoms with Gasteiger partial charge in [-0.2, -0.15) is 0 Å². The molecule has 0 saturated heterocycles. The maximum absolute atomic E-state index is 11.4. The zero-order chi connectivity index (χ0) is 12.1. The minimum atomic E-state index is -0.323. The Labute approximate surface area is 104 Å². The van der Waals surface area contributed by atoms with Crippen molar-refractivity contribution in [2.45, 2.75) is 13.0 Å². The van der Waals surface area contributed by atoms with E-state index in [1.807, 2.05) is 6.92 Å². The average molecular weight is 262 g/mol. The van der Waals surface area contributed by atoms with E-state index in [1.54, 1.807) is 18.2 Å². The van der Waals surface area contributed by atoms with Gasteiger partial charge in [0.2, 0.25) is 0 Å². The number of benzene rings is 1. The maximum Gasteiger partial charge on any atom is 0.319 e. The molecule has 0 saturated carbocycles. The van der Waals surface area contributed by atoms with Crippen LogP contribution in [0.25, 0.3) is 0 Å². The monoisotopic (exact) mass is 261 g/mol. The van der Waals surface area contributed by atoms with Crippen LogP contribution in [0.15, 0.2) is 18.2 Å². The topological polar surface area (TPSA) is 67.1 Å². The van der Waals surface area contributed by atoms with Crippen molar-refractivity contribution in [1.29, 1.82) is 0 Å². The van der Waals surface area contributed by atoms with Gasteiger partial charge in [0.05, 0.1) is 10.0 Å². The Bertz CT molecular complexity index is 384. The van der Waals surface area contributed by atoms with E-state index in [1.165, 1.54) is 0 Å². The predicted molar refractivity (Wildman–Crippen MR) is 67.1 cm³/mol. The zero-order valence-electron chi connectivity index (χ0n) is 8.76. The number of anilines is 1. The molecule has 0 radical (unpaired) electrons. The standard InChI is InChI=1S/C10H13Cl2N3O/c1-6(5-13)14-10(16)15-7-2-3-8(11)9(12)4-7/h2-4,6H,5,13H2,1H3,(H2,14,15,16)/t6-/m1/s1. The Hall–Kier alpha value is -0.970. The molecule has 88 valence electrons. The maximum atomic E-state index is 11.4. The summed E-state index contributed by atoms with van der Waals surface area (Å²) in [6, 6.07) is 4.46. The second-order valence-corrected chi connectivity index (χ2v) is 4.18. The molecule has 0 aliphatic heterocycles. The van der Waals surface area contributed by atoms with Crippen LogP contribution < -0.4 is 16.4 Å². The molecule has 1 aromatic carbocycles. The van der Waals surface area contributed by atoms with Crippen molar-refractivity contribution in [2.75, 3.05) is 11.9 Å². The summed E-state index contributed by atoms with van der Waals surface area (Å²) in [6.07, 6.45) is 0. The van der Waals surface area contributed by atoms with Gasteiger partial charge in [0.25, 0.3) is 0 Å². The number of urea groups is 1. The van der Waals surface area contributed by atoms with Crippen LogP contribution in [0.1, 0.15) is 6.92 Å². The van der Waals surface area contributed by atoms with E-state index in [0.717, 1.165) is 0 Å². The first kappa shape index (κ1) is 13.1. The number of carbonyl (C=O) groups excluding carboxylic acids is 1. The van der Waals surface area contributed by atoms with Gasteiger partial charge in [-0.15, -0.1) is 0 Å². The third kappa shape index (κ3) is 3.89. The molecule has 0 aliphatic carbocycles. The van der Waals surface area contributed by atoms with Crippen molar-refractivity contribution in [2.24, 2.45) is 5.73 Å². The van der Waals surface area contributed by atoms with Gasteiger partial charge in [0.1, 0.15) is 0 Å². The molecule has 0 heterocycles. The van der Waals surface area contributed by atoms with Gasteiger partial charge in [-0.1, -0.05) is 23.2 Å². The molecule has 4 nitrogen and oxygen atoms in total. The summed E-state index contributed by atoms with van der Waals surface area (Å²) in [5, 5.41) is 6.13.